The zero-order chi connectivity index (χ0) is 15.7. The van der Waals surface area contributed by atoms with Crippen molar-refractivity contribution in [1.29, 1.82) is 0 Å². The van der Waals surface area contributed by atoms with Gasteiger partial charge in [0.05, 0.1) is 11.4 Å². The molecule has 6 nitrogen and oxygen atoms in total. The average molecular weight is 316 g/mol. The van der Waals surface area contributed by atoms with E-state index in [9.17, 15) is 8.42 Å². The molecule has 0 bridgehead atoms. The molecule has 0 saturated heterocycles. The highest BCUT2D eigenvalue weighted by Gasteiger charge is 2.09. The summed E-state index contributed by atoms with van der Waals surface area (Å²) in [5, 5.41) is 7.54. The van der Waals surface area contributed by atoms with E-state index in [1.807, 2.05) is 31.5 Å². The Morgan fingerprint density at radius 1 is 1.19 bits per heavy atom. The fraction of sp³-hybridized carbons (Fsp3) is 0.786. The maximum absolute atomic E-state index is 11.8. The van der Waals surface area contributed by atoms with Crippen molar-refractivity contribution in [2.75, 3.05) is 25.4 Å². The Hall–Kier alpha value is -0.920. The van der Waals surface area contributed by atoms with E-state index >= 15 is 0 Å². The third-order valence-corrected chi connectivity index (χ3v) is 4.71. The maximum atomic E-state index is 11.8. The summed E-state index contributed by atoms with van der Waals surface area (Å²) < 4.78 is 28.2. The van der Waals surface area contributed by atoms with Crippen molar-refractivity contribution < 1.29 is 8.42 Å². The number of aromatic nitrogens is 2. The second-order valence-electron chi connectivity index (χ2n) is 5.28. The first-order valence-electron chi connectivity index (χ1n) is 7.63. The largest absolute Gasteiger partial charge is 0.317 e. The molecule has 21 heavy (non-hydrogen) atoms. The Morgan fingerprint density at radius 3 is 2.57 bits per heavy atom. The zero-order valence-electron chi connectivity index (χ0n) is 13.4. The van der Waals surface area contributed by atoms with Crippen molar-refractivity contribution in [3.63, 3.8) is 0 Å². The summed E-state index contributed by atoms with van der Waals surface area (Å²) >= 11 is 0. The molecular weight excluding hydrogens is 288 g/mol. The van der Waals surface area contributed by atoms with Crippen molar-refractivity contribution in [3.8, 4) is 0 Å². The Morgan fingerprint density at radius 2 is 1.95 bits per heavy atom. The molecule has 1 aromatic rings. The lowest BCUT2D eigenvalue weighted by Crippen LogP contribution is -2.28. The van der Waals surface area contributed by atoms with Crippen LogP contribution in [0.2, 0.25) is 0 Å². The van der Waals surface area contributed by atoms with Crippen molar-refractivity contribution in [2.24, 2.45) is 0 Å². The molecule has 0 aliphatic heterocycles. The molecule has 1 aromatic heterocycles. The SMILES string of the molecule is CCNCCCCS(=O)(=O)NCCCn1nc(C)cc1C. The molecule has 7 heteroatoms. The van der Waals surface area contributed by atoms with Gasteiger partial charge < -0.3 is 5.32 Å². The van der Waals surface area contributed by atoms with E-state index in [2.05, 4.69) is 15.1 Å². The number of sulfonamides is 1. The lowest BCUT2D eigenvalue weighted by molar-refractivity contribution is 0.542. The molecule has 2 N–H and O–H groups in total. The van der Waals surface area contributed by atoms with Crippen LogP contribution < -0.4 is 10.0 Å². The second-order valence-corrected chi connectivity index (χ2v) is 7.20. The monoisotopic (exact) mass is 316 g/mol. The van der Waals surface area contributed by atoms with E-state index in [4.69, 9.17) is 0 Å². The summed E-state index contributed by atoms with van der Waals surface area (Å²) in [7, 11) is -3.14. The van der Waals surface area contributed by atoms with Crippen molar-refractivity contribution >= 4 is 10.0 Å². The lowest BCUT2D eigenvalue weighted by atomic mass is 10.3. The molecule has 0 aromatic carbocycles. The Kier molecular flexibility index (Phi) is 7.92. The van der Waals surface area contributed by atoms with E-state index in [1.165, 1.54) is 0 Å². The molecular formula is C14H28N4O2S. The molecule has 0 amide bonds. The van der Waals surface area contributed by atoms with Gasteiger partial charge in [-0.05, 0) is 52.3 Å². The van der Waals surface area contributed by atoms with E-state index < -0.39 is 10.0 Å². The van der Waals surface area contributed by atoms with E-state index in [-0.39, 0.29) is 5.75 Å². The van der Waals surface area contributed by atoms with Gasteiger partial charge in [0.1, 0.15) is 0 Å². The highest BCUT2D eigenvalue weighted by atomic mass is 32.2. The fourth-order valence-corrected chi connectivity index (χ4v) is 3.33. The van der Waals surface area contributed by atoms with Gasteiger partial charge >= 0.3 is 0 Å². The first-order valence-corrected chi connectivity index (χ1v) is 9.29. The summed E-state index contributed by atoms with van der Waals surface area (Å²) in [6.45, 7) is 9.02. The first-order chi connectivity index (χ1) is 9.94. The van der Waals surface area contributed by atoms with Gasteiger partial charge in [0.15, 0.2) is 0 Å². The molecule has 122 valence electrons. The number of aryl methyl sites for hydroxylation is 3. The molecule has 0 fully saturated rings. The molecule has 0 spiro atoms. The van der Waals surface area contributed by atoms with Gasteiger partial charge in [-0.2, -0.15) is 5.10 Å². The van der Waals surface area contributed by atoms with Crippen LogP contribution in [0.3, 0.4) is 0 Å². The number of nitrogens with one attached hydrogen (secondary N) is 2. The summed E-state index contributed by atoms with van der Waals surface area (Å²) in [6, 6.07) is 2.02. The van der Waals surface area contributed by atoms with Gasteiger partial charge in [-0.25, -0.2) is 13.1 Å². The van der Waals surface area contributed by atoms with Crippen LogP contribution in [0, 0.1) is 13.8 Å². The quantitative estimate of drug-likeness (QED) is 0.602. The smallest absolute Gasteiger partial charge is 0.211 e. The Labute approximate surface area is 128 Å². The molecule has 0 atom stereocenters. The van der Waals surface area contributed by atoms with Crippen LogP contribution in [-0.4, -0.2) is 43.6 Å². The normalized spacial score (nSPS) is 12.0. The summed E-state index contributed by atoms with van der Waals surface area (Å²) in [6.07, 6.45) is 2.33. The predicted octanol–water partition coefficient (Wildman–Crippen LogP) is 1.20. The topological polar surface area (TPSA) is 76.0 Å². The lowest BCUT2D eigenvalue weighted by Gasteiger charge is -2.08. The van der Waals surface area contributed by atoms with Crippen molar-refractivity contribution in [2.45, 2.75) is 46.6 Å². The molecule has 1 heterocycles. The average Bonchev–Trinajstić information content (AvgIpc) is 2.73. The van der Waals surface area contributed by atoms with Gasteiger partial charge in [-0.1, -0.05) is 6.92 Å². The number of nitrogens with zero attached hydrogens (tertiary/aromatic N) is 2. The number of hydrogen-bond donors (Lipinski definition) is 2. The van der Waals surface area contributed by atoms with Crippen LogP contribution in [0.15, 0.2) is 6.07 Å². The highest BCUT2D eigenvalue weighted by Crippen LogP contribution is 2.02. The standard InChI is InChI=1S/C14H28N4O2S/c1-4-15-8-5-6-11-21(19,20)16-9-7-10-18-14(3)12-13(2)17-18/h12,15-16H,4-11H2,1-3H3. The predicted molar refractivity (Wildman–Crippen MR) is 85.9 cm³/mol. The summed E-state index contributed by atoms with van der Waals surface area (Å²) in [5.74, 6) is 0.207. The van der Waals surface area contributed by atoms with Gasteiger partial charge in [0.2, 0.25) is 10.0 Å². The van der Waals surface area contributed by atoms with Gasteiger partial charge in [-0.15, -0.1) is 0 Å². The number of unbranched alkanes of at least 4 members (excludes halogenated alkanes) is 1. The van der Waals surface area contributed by atoms with Crippen LogP contribution in [0.1, 0.15) is 37.6 Å². The van der Waals surface area contributed by atoms with Gasteiger partial charge in [0.25, 0.3) is 0 Å². The maximum Gasteiger partial charge on any atom is 0.211 e. The van der Waals surface area contributed by atoms with Crippen LogP contribution in [-0.2, 0) is 16.6 Å². The molecule has 0 unspecified atom stereocenters. The molecule has 0 aliphatic carbocycles. The van der Waals surface area contributed by atoms with Crippen LogP contribution >= 0.6 is 0 Å². The number of hydrogen-bond acceptors (Lipinski definition) is 4. The van der Waals surface area contributed by atoms with Crippen LogP contribution in [0.4, 0.5) is 0 Å². The van der Waals surface area contributed by atoms with E-state index in [0.717, 1.165) is 43.9 Å². The van der Waals surface area contributed by atoms with Gasteiger partial charge in [0, 0.05) is 18.8 Å². The van der Waals surface area contributed by atoms with Crippen LogP contribution in [0.25, 0.3) is 0 Å². The summed E-state index contributed by atoms with van der Waals surface area (Å²) in [4.78, 5) is 0. The van der Waals surface area contributed by atoms with E-state index in [1.54, 1.807) is 0 Å². The summed E-state index contributed by atoms with van der Waals surface area (Å²) in [5.41, 5.74) is 2.10. The van der Waals surface area contributed by atoms with Crippen molar-refractivity contribution in [3.05, 3.63) is 17.5 Å². The minimum atomic E-state index is -3.14. The Bertz CT molecular complexity index is 511. The van der Waals surface area contributed by atoms with Crippen LogP contribution in [0.5, 0.6) is 0 Å². The minimum Gasteiger partial charge on any atom is -0.317 e. The fourth-order valence-electron chi connectivity index (χ4n) is 2.15. The van der Waals surface area contributed by atoms with Crippen molar-refractivity contribution in [1.82, 2.24) is 19.8 Å². The molecule has 1 rings (SSSR count). The van der Waals surface area contributed by atoms with E-state index in [0.29, 0.717) is 13.0 Å². The second kappa shape index (κ2) is 9.17. The van der Waals surface area contributed by atoms with Gasteiger partial charge in [-0.3, -0.25) is 4.68 Å². The number of rotatable bonds is 11. The zero-order valence-corrected chi connectivity index (χ0v) is 14.2. The highest BCUT2D eigenvalue weighted by molar-refractivity contribution is 7.89. The molecule has 0 radical (unpaired) electrons. The molecule has 0 aliphatic rings. The molecule has 0 saturated carbocycles. The minimum absolute atomic E-state index is 0.207. The third-order valence-electron chi connectivity index (χ3n) is 3.24. The third kappa shape index (κ3) is 7.59. The first kappa shape index (κ1) is 18.1. The Balaban J connectivity index is 2.17.